The van der Waals surface area contributed by atoms with E-state index >= 15 is 0 Å². The number of benzene rings is 2. The third-order valence-electron chi connectivity index (χ3n) is 3.79. The Morgan fingerprint density at radius 1 is 1.11 bits per heavy atom. The number of hydrogen-bond acceptors (Lipinski definition) is 5. The van der Waals surface area contributed by atoms with Gasteiger partial charge in [-0.05, 0) is 31.2 Å². The van der Waals surface area contributed by atoms with Crippen molar-refractivity contribution in [2.24, 2.45) is 0 Å². The molecule has 0 aliphatic rings. The minimum Gasteiger partial charge on any atom is -0.360 e. The molecule has 0 radical (unpaired) electrons. The van der Waals surface area contributed by atoms with Crippen LogP contribution >= 0.6 is 11.3 Å². The van der Waals surface area contributed by atoms with Crippen molar-refractivity contribution >= 4 is 34.2 Å². The average Bonchev–Trinajstić information content (AvgIpc) is 3.14. The Labute approximate surface area is 162 Å². The van der Waals surface area contributed by atoms with Crippen molar-refractivity contribution in [1.82, 2.24) is 4.98 Å². The van der Waals surface area contributed by atoms with Crippen molar-refractivity contribution in [1.29, 1.82) is 5.26 Å². The maximum atomic E-state index is 11.1. The number of amides is 1. The molecule has 2 aromatic carbocycles. The predicted molar refractivity (Wildman–Crippen MR) is 110 cm³/mol. The van der Waals surface area contributed by atoms with E-state index in [0.717, 1.165) is 22.6 Å². The van der Waals surface area contributed by atoms with Gasteiger partial charge in [0.25, 0.3) is 0 Å². The van der Waals surface area contributed by atoms with E-state index in [9.17, 15) is 10.1 Å². The van der Waals surface area contributed by atoms with Gasteiger partial charge in [-0.25, -0.2) is 4.98 Å². The van der Waals surface area contributed by atoms with Gasteiger partial charge in [0.1, 0.15) is 16.6 Å². The van der Waals surface area contributed by atoms with Crippen molar-refractivity contribution in [3.8, 4) is 17.3 Å². The van der Waals surface area contributed by atoms with Gasteiger partial charge in [-0.2, -0.15) is 5.26 Å². The molecule has 0 aliphatic carbocycles. The molecule has 0 atom stereocenters. The molecule has 3 rings (SSSR count). The Kier molecular flexibility index (Phi) is 5.64. The van der Waals surface area contributed by atoms with Crippen LogP contribution < -0.4 is 10.6 Å². The molecule has 0 fully saturated rings. The summed E-state index contributed by atoms with van der Waals surface area (Å²) in [5.41, 5.74) is 5.08. The first-order valence-corrected chi connectivity index (χ1v) is 9.20. The van der Waals surface area contributed by atoms with Crippen LogP contribution in [0.1, 0.15) is 17.5 Å². The quantitative estimate of drug-likeness (QED) is 0.612. The average molecular weight is 374 g/mol. The number of rotatable bonds is 5. The number of carbonyl (C=O) groups is 1. The van der Waals surface area contributed by atoms with Gasteiger partial charge in [0.15, 0.2) is 0 Å². The van der Waals surface area contributed by atoms with Gasteiger partial charge in [-0.1, -0.05) is 29.8 Å². The van der Waals surface area contributed by atoms with Gasteiger partial charge in [-0.3, -0.25) is 4.79 Å². The number of hydrogen-bond donors (Lipinski definition) is 2. The molecule has 1 amide bonds. The SMILES string of the molecule is CC(=O)Nc1ccc(N/C=C(/C#N)c2nc(-c3ccc(C)cc3)cs2)cc1. The Morgan fingerprint density at radius 2 is 1.78 bits per heavy atom. The van der Waals surface area contributed by atoms with Gasteiger partial charge in [0, 0.05) is 35.4 Å². The molecule has 2 N–H and O–H groups in total. The molecule has 1 aromatic heterocycles. The summed E-state index contributed by atoms with van der Waals surface area (Å²) in [4.78, 5) is 15.6. The summed E-state index contributed by atoms with van der Waals surface area (Å²) >= 11 is 1.44. The van der Waals surface area contributed by atoms with E-state index in [0.29, 0.717) is 10.6 Å². The molecule has 134 valence electrons. The van der Waals surface area contributed by atoms with Gasteiger partial charge in [0.2, 0.25) is 5.91 Å². The number of nitrogens with zero attached hydrogens (tertiary/aromatic N) is 2. The first kappa shape index (κ1) is 18.4. The van der Waals surface area contributed by atoms with E-state index in [1.165, 1.54) is 23.8 Å². The van der Waals surface area contributed by atoms with E-state index in [1.807, 2.05) is 48.7 Å². The molecule has 6 heteroatoms. The molecular formula is C21H18N4OS. The molecule has 0 bridgehead atoms. The van der Waals surface area contributed by atoms with Crippen LogP contribution in [-0.4, -0.2) is 10.9 Å². The molecule has 0 saturated heterocycles. The maximum Gasteiger partial charge on any atom is 0.221 e. The number of nitriles is 1. The first-order valence-electron chi connectivity index (χ1n) is 8.32. The van der Waals surface area contributed by atoms with Gasteiger partial charge in [0.05, 0.1) is 5.69 Å². The molecule has 0 spiro atoms. The Morgan fingerprint density at radius 3 is 2.41 bits per heavy atom. The number of anilines is 2. The zero-order valence-electron chi connectivity index (χ0n) is 15.0. The van der Waals surface area contributed by atoms with Crippen LogP contribution in [0.15, 0.2) is 60.1 Å². The highest BCUT2D eigenvalue weighted by Gasteiger charge is 2.09. The number of thiazole rings is 1. The van der Waals surface area contributed by atoms with E-state index < -0.39 is 0 Å². The summed E-state index contributed by atoms with van der Waals surface area (Å²) < 4.78 is 0. The molecule has 0 saturated carbocycles. The van der Waals surface area contributed by atoms with Crippen LogP contribution in [0, 0.1) is 18.3 Å². The van der Waals surface area contributed by atoms with Crippen LogP contribution in [0.2, 0.25) is 0 Å². The number of aromatic nitrogens is 1. The number of nitrogens with one attached hydrogen (secondary N) is 2. The van der Waals surface area contributed by atoms with Crippen LogP contribution in [0.3, 0.4) is 0 Å². The van der Waals surface area contributed by atoms with Crippen molar-refractivity contribution in [2.45, 2.75) is 13.8 Å². The summed E-state index contributed by atoms with van der Waals surface area (Å²) in [5.74, 6) is -0.115. The first-order chi connectivity index (χ1) is 13.0. The monoisotopic (exact) mass is 374 g/mol. The minimum atomic E-state index is -0.115. The molecule has 0 aliphatic heterocycles. The fourth-order valence-corrected chi connectivity index (χ4v) is 3.20. The smallest absolute Gasteiger partial charge is 0.221 e. The van der Waals surface area contributed by atoms with Crippen LogP contribution in [-0.2, 0) is 4.79 Å². The predicted octanol–water partition coefficient (Wildman–Crippen LogP) is 5.05. The zero-order chi connectivity index (χ0) is 19.2. The Balaban J connectivity index is 1.74. The fraction of sp³-hybridized carbons (Fsp3) is 0.0952. The number of carbonyl (C=O) groups excluding carboxylic acids is 1. The van der Waals surface area contributed by atoms with Crippen molar-refractivity contribution in [3.63, 3.8) is 0 Å². The van der Waals surface area contributed by atoms with E-state index in [-0.39, 0.29) is 5.91 Å². The summed E-state index contributed by atoms with van der Waals surface area (Å²) in [7, 11) is 0. The third kappa shape index (κ3) is 4.81. The maximum absolute atomic E-state index is 11.1. The van der Waals surface area contributed by atoms with Gasteiger partial charge >= 0.3 is 0 Å². The lowest BCUT2D eigenvalue weighted by atomic mass is 10.1. The number of aryl methyl sites for hydroxylation is 1. The normalized spacial score (nSPS) is 10.9. The van der Waals surface area contributed by atoms with Crippen LogP contribution in [0.25, 0.3) is 16.8 Å². The van der Waals surface area contributed by atoms with E-state index in [4.69, 9.17) is 0 Å². The highest BCUT2D eigenvalue weighted by atomic mass is 32.1. The Hall–Kier alpha value is -3.43. The number of allylic oxidation sites excluding steroid dienone is 1. The van der Waals surface area contributed by atoms with Gasteiger partial charge in [-0.15, -0.1) is 11.3 Å². The highest BCUT2D eigenvalue weighted by Crippen LogP contribution is 2.26. The van der Waals surface area contributed by atoms with Crippen LogP contribution in [0.4, 0.5) is 11.4 Å². The summed E-state index contributed by atoms with van der Waals surface area (Å²) in [6, 6.07) is 17.6. The lowest BCUT2D eigenvalue weighted by Gasteiger charge is -2.04. The van der Waals surface area contributed by atoms with E-state index in [2.05, 4.69) is 21.7 Å². The van der Waals surface area contributed by atoms with Gasteiger partial charge < -0.3 is 10.6 Å². The van der Waals surface area contributed by atoms with Crippen LogP contribution in [0.5, 0.6) is 0 Å². The molecule has 1 heterocycles. The molecule has 5 nitrogen and oxygen atoms in total. The second-order valence-corrected chi connectivity index (χ2v) is 6.83. The molecule has 0 unspecified atom stereocenters. The largest absolute Gasteiger partial charge is 0.360 e. The summed E-state index contributed by atoms with van der Waals surface area (Å²) in [5, 5.41) is 17.9. The zero-order valence-corrected chi connectivity index (χ0v) is 15.8. The summed E-state index contributed by atoms with van der Waals surface area (Å²) in [6.45, 7) is 3.51. The van der Waals surface area contributed by atoms with Crippen molar-refractivity contribution < 1.29 is 4.79 Å². The lowest BCUT2D eigenvalue weighted by Crippen LogP contribution is -2.05. The lowest BCUT2D eigenvalue weighted by molar-refractivity contribution is -0.114. The summed E-state index contributed by atoms with van der Waals surface area (Å²) in [6.07, 6.45) is 1.64. The van der Waals surface area contributed by atoms with Crippen molar-refractivity contribution in [2.75, 3.05) is 10.6 Å². The minimum absolute atomic E-state index is 0.115. The second-order valence-electron chi connectivity index (χ2n) is 5.98. The highest BCUT2D eigenvalue weighted by molar-refractivity contribution is 7.11. The molecule has 3 aromatic rings. The third-order valence-corrected chi connectivity index (χ3v) is 4.67. The Bertz CT molecular complexity index is 1010. The van der Waals surface area contributed by atoms with E-state index in [1.54, 1.807) is 18.3 Å². The second kappa shape index (κ2) is 8.30. The topological polar surface area (TPSA) is 77.8 Å². The molecular weight excluding hydrogens is 356 g/mol. The standard InChI is InChI=1S/C21H18N4OS/c1-14-3-5-16(6-4-14)20-13-27-21(25-20)17(11-22)12-23-18-7-9-19(10-8-18)24-15(2)26/h3-10,12-13,23H,1-2H3,(H,24,26)/b17-12-. The van der Waals surface area contributed by atoms with Crippen molar-refractivity contribution in [3.05, 3.63) is 70.7 Å². The molecule has 27 heavy (non-hydrogen) atoms. The fourth-order valence-electron chi connectivity index (χ4n) is 2.40.